The minimum Gasteiger partial charge on any atom is -0.494 e. The van der Waals surface area contributed by atoms with E-state index in [1.54, 1.807) is 0 Å². The van der Waals surface area contributed by atoms with Crippen LogP contribution in [0.2, 0.25) is 0 Å². The summed E-state index contributed by atoms with van der Waals surface area (Å²) in [4.78, 5) is 0. The molecule has 0 aliphatic rings. The molecule has 0 radical (unpaired) electrons. The summed E-state index contributed by atoms with van der Waals surface area (Å²) in [6, 6.07) is 8.19. The Morgan fingerprint density at radius 1 is 1.31 bits per heavy atom. The lowest BCUT2D eigenvalue weighted by Gasteiger charge is -2.05. The van der Waals surface area contributed by atoms with Gasteiger partial charge in [-0.15, -0.1) is 0 Å². The number of nitrogens with one attached hydrogen (secondary N) is 1. The summed E-state index contributed by atoms with van der Waals surface area (Å²) in [5, 5.41) is 3.28. The van der Waals surface area contributed by atoms with Crippen LogP contribution in [0.25, 0.3) is 0 Å². The van der Waals surface area contributed by atoms with Gasteiger partial charge in [0, 0.05) is 6.54 Å². The van der Waals surface area contributed by atoms with E-state index >= 15 is 0 Å². The van der Waals surface area contributed by atoms with Crippen molar-refractivity contribution in [3.8, 4) is 5.75 Å². The van der Waals surface area contributed by atoms with E-state index in [9.17, 15) is 0 Å². The highest BCUT2D eigenvalue weighted by Gasteiger charge is 1.94. The van der Waals surface area contributed by atoms with Crippen molar-refractivity contribution in [3.63, 3.8) is 0 Å². The van der Waals surface area contributed by atoms with Crippen molar-refractivity contribution in [3.05, 3.63) is 29.8 Å². The molecular weight excluding hydrogens is 162 g/mol. The first kappa shape index (κ1) is 10.1. The zero-order valence-corrected chi connectivity index (χ0v) is 8.34. The fraction of sp³-hybridized carbons (Fsp3) is 0.455. The van der Waals surface area contributed by atoms with Crippen molar-refractivity contribution in [2.75, 3.05) is 13.2 Å². The van der Waals surface area contributed by atoms with Crippen LogP contribution in [-0.2, 0) is 6.54 Å². The lowest BCUT2D eigenvalue weighted by atomic mass is 10.2. The second-order valence-corrected chi connectivity index (χ2v) is 2.86. The number of rotatable bonds is 5. The Hall–Kier alpha value is -1.02. The normalized spacial score (nSPS) is 10.0. The molecular formula is C11H17NO. The summed E-state index contributed by atoms with van der Waals surface area (Å²) < 4.78 is 5.40. The first-order valence-corrected chi connectivity index (χ1v) is 4.79. The second kappa shape index (κ2) is 5.60. The van der Waals surface area contributed by atoms with Crippen LogP contribution in [0.3, 0.4) is 0 Å². The van der Waals surface area contributed by atoms with Gasteiger partial charge in [0.2, 0.25) is 0 Å². The van der Waals surface area contributed by atoms with E-state index in [1.165, 1.54) is 5.56 Å². The highest BCUT2D eigenvalue weighted by molar-refractivity contribution is 5.28. The van der Waals surface area contributed by atoms with Gasteiger partial charge in [-0.1, -0.05) is 19.1 Å². The van der Waals surface area contributed by atoms with Crippen LogP contribution >= 0.6 is 0 Å². The predicted molar refractivity (Wildman–Crippen MR) is 55.0 cm³/mol. The van der Waals surface area contributed by atoms with E-state index in [0.717, 1.165) is 25.4 Å². The van der Waals surface area contributed by atoms with E-state index in [2.05, 4.69) is 24.4 Å². The lowest BCUT2D eigenvalue weighted by Crippen LogP contribution is -2.11. The molecule has 1 rings (SSSR count). The average Bonchev–Trinajstić information content (AvgIpc) is 2.16. The highest BCUT2D eigenvalue weighted by atomic mass is 16.5. The molecule has 0 fully saturated rings. The van der Waals surface area contributed by atoms with Crippen molar-refractivity contribution in [1.29, 1.82) is 0 Å². The molecule has 0 aromatic heterocycles. The standard InChI is InChI=1S/C11H17NO/c1-3-12-9-10-6-5-7-11(8-10)13-4-2/h5-8,12H,3-4,9H2,1-2H3. The zero-order valence-electron chi connectivity index (χ0n) is 8.34. The van der Waals surface area contributed by atoms with Crippen molar-refractivity contribution >= 4 is 0 Å². The van der Waals surface area contributed by atoms with Crippen molar-refractivity contribution in [2.24, 2.45) is 0 Å². The Morgan fingerprint density at radius 3 is 2.85 bits per heavy atom. The summed E-state index contributed by atoms with van der Waals surface area (Å²) in [5.74, 6) is 0.956. The van der Waals surface area contributed by atoms with Gasteiger partial charge in [0.15, 0.2) is 0 Å². The summed E-state index contributed by atoms with van der Waals surface area (Å²) in [5.41, 5.74) is 1.27. The molecule has 0 saturated heterocycles. The van der Waals surface area contributed by atoms with E-state index in [0.29, 0.717) is 0 Å². The Labute approximate surface area is 79.9 Å². The van der Waals surface area contributed by atoms with Crippen LogP contribution in [0.15, 0.2) is 24.3 Å². The molecule has 0 unspecified atom stereocenters. The van der Waals surface area contributed by atoms with Gasteiger partial charge in [-0.2, -0.15) is 0 Å². The van der Waals surface area contributed by atoms with E-state index < -0.39 is 0 Å². The first-order chi connectivity index (χ1) is 6.36. The molecule has 72 valence electrons. The van der Waals surface area contributed by atoms with Gasteiger partial charge in [-0.25, -0.2) is 0 Å². The zero-order chi connectivity index (χ0) is 9.52. The smallest absolute Gasteiger partial charge is 0.119 e. The van der Waals surface area contributed by atoms with Crippen molar-refractivity contribution in [2.45, 2.75) is 20.4 Å². The third kappa shape index (κ3) is 3.47. The fourth-order valence-electron chi connectivity index (χ4n) is 1.18. The summed E-state index contributed by atoms with van der Waals surface area (Å²) in [7, 11) is 0. The molecule has 0 bridgehead atoms. The summed E-state index contributed by atoms with van der Waals surface area (Å²) in [6.07, 6.45) is 0. The van der Waals surface area contributed by atoms with Crippen molar-refractivity contribution in [1.82, 2.24) is 5.32 Å². The molecule has 0 spiro atoms. The number of hydrogen-bond donors (Lipinski definition) is 1. The van der Waals surface area contributed by atoms with E-state index in [-0.39, 0.29) is 0 Å². The SMILES string of the molecule is CCNCc1cccc(OCC)c1. The van der Waals surface area contributed by atoms with Gasteiger partial charge in [0.25, 0.3) is 0 Å². The summed E-state index contributed by atoms with van der Waals surface area (Å²) >= 11 is 0. The van der Waals surface area contributed by atoms with Gasteiger partial charge in [0.05, 0.1) is 6.61 Å². The Balaban J connectivity index is 2.56. The van der Waals surface area contributed by atoms with Gasteiger partial charge in [-0.05, 0) is 31.2 Å². The van der Waals surface area contributed by atoms with Gasteiger partial charge >= 0.3 is 0 Å². The van der Waals surface area contributed by atoms with Crippen LogP contribution in [0.5, 0.6) is 5.75 Å². The molecule has 0 heterocycles. The molecule has 2 heteroatoms. The minimum absolute atomic E-state index is 0.727. The van der Waals surface area contributed by atoms with Crippen LogP contribution in [0, 0.1) is 0 Å². The topological polar surface area (TPSA) is 21.3 Å². The molecule has 0 atom stereocenters. The van der Waals surface area contributed by atoms with Gasteiger partial charge in [-0.3, -0.25) is 0 Å². The number of ether oxygens (including phenoxy) is 1. The first-order valence-electron chi connectivity index (χ1n) is 4.79. The Morgan fingerprint density at radius 2 is 2.15 bits per heavy atom. The van der Waals surface area contributed by atoms with Crippen LogP contribution < -0.4 is 10.1 Å². The Bertz CT molecular complexity index is 248. The molecule has 13 heavy (non-hydrogen) atoms. The largest absolute Gasteiger partial charge is 0.494 e. The predicted octanol–water partition coefficient (Wildman–Crippen LogP) is 2.19. The maximum absolute atomic E-state index is 5.40. The van der Waals surface area contributed by atoms with Gasteiger partial charge in [0.1, 0.15) is 5.75 Å². The Kier molecular flexibility index (Phi) is 4.33. The van der Waals surface area contributed by atoms with E-state index in [1.807, 2.05) is 19.1 Å². The maximum Gasteiger partial charge on any atom is 0.119 e. The number of benzene rings is 1. The van der Waals surface area contributed by atoms with Crippen LogP contribution in [0.1, 0.15) is 19.4 Å². The molecule has 1 aromatic carbocycles. The van der Waals surface area contributed by atoms with Crippen molar-refractivity contribution < 1.29 is 4.74 Å². The molecule has 0 saturated carbocycles. The molecule has 0 aliphatic heterocycles. The quantitative estimate of drug-likeness (QED) is 0.748. The second-order valence-electron chi connectivity index (χ2n) is 2.86. The minimum atomic E-state index is 0.727. The monoisotopic (exact) mass is 179 g/mol. The molecule has 0 amide bonds. The fourth-order valence-corrected chi connectivity index (χ4v) is 1.18. The molecule has 2 nitrogen and oxygen atoms in total. The average molecular weight is 179 g/mol. The molecule has 0 aliphatic carbocycles. The molecule has 1 aromatic rings. The maximum atomic E-state index is 5.40. The van der Waals surface area contributed by atoms with Crippen LogP contribution in [0.4, 0.5) is 0 Å². The van der Waals surface area contributed by atoms with E-state index in [4.69, 9.17) is 4.74 Å². The van der Waals surface area contributed by atoms with Gasteiger partial charge < -0.3 is 10.1 Å². The lowest BCUT2D eigenvalue weighted by molar-refractivity contribution is 0.340. The number of hydrogen-bond acceptors (Lipinski definition) is 2. The highest BCUT2D eigenvalue weighted by Crippen LogP contribution is 2.12. The third-order valence-electron chi connectivity index (χ3n) is 1.79. The van der Waals surface area contributed by atoms with Crippen LogP contribution in [-0.4, -0.2) is 13.2 Å². The third-order valence-corrected chi connectivity index (χ3v) is 1.79. The summed E-state index contributed by atoms with van der Waals surface area (Å²) in [6.45, 7) is 6.74. The molecule has 1 N–H and O–H groups in total.